The van der Waals surface area contributed by atoms with Crippen molar-refractivity contribution >= 4 is 17.6 Å². The van der Waals surface area contributed by atoms with Crippen LogP contribution in [0.4, 0.5) is 0 Å². The first kappa shape index (κ1) is 10.1. The molecule has 1 fully saturated rings. The summed E-state index contributed by atoms with van der Waals surface area (Å²) in [5.74, 6) is -1.50. The van der Waals surface area contributed by atoms with Gasteiger partial charge in [-0.05, 0) is 19.3 Å². The molecule has 2 unspecified atom stereocenters. The normalized spacial score (nSPS) is 30.9. The Morgan fingerprint density at radius 1 is 1.47 bits per heavy atom. The van der Waals surface area contributed by atoms with E-state index in [2.05, 4.69) is 5.10 Å². The predicted octanol–water partition coefficient (Wildman–Crippen LogP) is -0.427. The molecule has 2 rings (SSSR count). The third-order valence-corrected chi connectivity index (χ3v) is 2.81. The van der Waals surface area contributed by atoms with Crippen LogP contribution in [0.2, 0.25) is 0 Å². The molecule has 0 aromatic carbocycles. The summed E-state index contributed by atoms with van der Waals surface area (Å²) in [5.41, 5.74) is -0.140. The Bertz CT molecular complexity index is 339. The van der Waals surface area contributed by atoms with Crippen molar-refractivity contribution in [1.29, 1.82) is 0 Å². The molecule has 0 aromatic rings. The van der Waals surface area contributed by atoms with Crippen molar-refractivity contribution in [2.75, 3.05) is 0 Å². The number of aliphatic carboxylic acids is 1. The molecule has 2 aliphatic rings. The number of amides is 1. The minimum atomic E-state index is -1.17. The highest BCUT2D eigenvalue weighted by atomic mass is 16.4. The molecule has 1 aliphatic heterocycles. The van der Waals surface area contributed by atoms with Crippen molar-refractivity contribution in [2.24, 2.45) is 5.10 Å². The Morgan fingerprint density at radius 3 is 2.67 bits per heavy atom. The van der Waals surface area contributed by atoms with Gasteiger partial charge in [0.1, 0.15) is 0 Å². The number of nitrogens with zero attached hydrogens (tertiary/aromatic N) is 2. The minimum Gasteiger partial charge on any atom is -0.477 e. The SMILES string of the molecule is O=C(O)C1=NN(C2CCCC2O)C(=O)C1. The average molecular weight is 212 g/mol. The molecule has 0 bridgehead atoms. The van der Waals surface area contributed by atoms with Crippen molar-refractivity contribution in [3.63, 3.8) is 0 Å². The molecule has 2 N–H and O–H groups in total. The zero-order valence-electron chi connectivity index (χ0n) is 8.09. The molecule has 0 spiro atoms. The van der Waals surface area contributed by atoms with E-state index >= 15 is 0 Å². The summed E-state index contributed by atoms with van der Waals surface area (Å²) in [7, 11) is 0. The summed E-state index contributed by atoms with van der Waals surface area (Å²) >= 11 is 0. The number of hydrogen-bond acceptors (Lipinski definition) is 4. The first-order chi connectivity index (χ1) is 7.09. The van der Waals surface area contributed by atoms with Gasteiger partial charge in [-0.2, -0.15) is 5.10 Å². The molecule has 0 aromatic heterocycles. The van der Waals surface area contributed by atoms with Crippen LogP contribution in [0, 0.1) is 0 Å². The lowest BCUT2D eigenvalue weighted by molar-refractivity contribution is -0.133. The highest BCUT2D eigenvalue weighted by Crippen LogP contribution is 2.27. The number of aliphatic hydroxyl groups is 1. The number of carboxylic acids is 1. The van der Waals surface area contributed by atoms with E-state index in [1.807, 2.05) is 0 Å². The predicted molar refractivity (Wildman–Crippen MR) is 50.2 cm³/mol. The second-order valence-corrected chi connectivity index (χ2v) is 3.83. The summed E-state index contributed by atoms with van der Waals surface area (Å²) in [6, 6.07) is -0.339. The van der Waals surface area contributed by atoms with E-state index in [0.29, 0.717) is 12.8 Å². The Balaban J connectivity index is 2.15. The fourth-order valence-corrected chi connectivity index (χ4v) is 2.03. The smallest absolute Gasteiger partial charge is 0.352 e. The molecule has 6 nitrogen and oxygen atoms in total. The molecule has 82 valence electrons. The number of aliphatic hydroxyl groups excluding tert-OH is 1. The number of hydrazone groups is 1. The molecule has 0 saturated heterocycles. The van der Waals surface area contributed by atoms with E-state index in [9.17, 15) is 14.7 Å². The van der Waals surface area contributed by atoms with Crippen molar-refractivity contribution in [3.05, 3.63) is 0 Å². The monoisotopic (exact) mass is 212 g/mol. The lowest BCUT2D eigenvalue weighted by atomic mass is 10.2. The van der Waals surface area contributed by atoms with Crippen LogP contribution in [0.3, 0.4) is 0 Å². The van der Waals surface area contributed by atoms with Gasteiger partial charge in [0.2, 0.25) is 5.91 Å². The van der Waals surface area contributed by atoms with Gasteiger partial charge < -0.3 is 10.2 Å². The van der Waals surface area contributed by atoms with Crippen LogP contribution in [0.25, 0.3) is 0 Å². The Morgan fingerprint density at radius 2 is 2.20 bits per heavy atom. The number of carbonyl (C=O) groups excluding carboxylic acids is 1. The number of carboxylic acid groups (broad SMARTS) is 1. The van der Waals surface area contributed by atoms with Gasteiger partial charge in [-0.1, -0.05) is 0 Å². The third kappa shape index (κ3) is 1.72. The maximum Gasteiger partial charge on any atom is 0.352 e. The first-order valence-corrected chi connectivity index (χ1v) is 4.90. The van der Waals surface area contributed by atoms with Crippen LogP contribution < -0.4 is 0 Å². The van der Waals surface area contributed by atoms with Crippen LogP contribution >= 0.6 is 0 Å². The topological polar surface area (TPSA) is 90.2 Å². The van der Waals surface area contributed by atoms with Crippen LogP contribution in [0.5, 0.6) is 0 Å². The van der Waals surface area contributed by atoms with Gasteiger partial charge in [-0.15, -0.1) is 0 Å². The second-order valence-electron chi connectivity index (χ2n) is 3.83. The van der Waals surface area contributed by atoms with E-state index < -0.39 is 12.1 Å². The summed E-state index contributed by atoms with van der Waals surface area (Å²) in [4.78, 5) is 22.1. The zero-order chi connectivity index (χ0) is 11.0. The quantitative estimate of drug-likeness (QED) is 0.650. The molecule has 15 heavy (non-hydrogen) atoms. The van der Waals surface area contributed by atoms with E-state index in [4.69, 9.17) is 5.11 Å². The summed E-state index contributed by atoms with van der Waals surface area (Å²) in [6.45, 7) is 0. The van der Waals surface area contributed by atoms with E-state index in [-0.39, 0.29) is 24.1 Å². The van der Waals surface area contributed by atoms with Gasteiger partial charge in [0.25, 0.3) is 0 Å². The van der Waals surface area contributed by atoms with Gasteiger partial charge in [0.15, 0.2) is 5.71 Å². The van der Waals surface area contributed by atoms with Gasteiger partial charge >= 0.3 is 5.97 Å². The highest BCUT2D eigenvalue weighted by Gasteiger charge is 2.38. The molecular formula is C9H12N2O4. The fourth-order valence-electron chi connectivity index (χ4n) is 2.03. The Labute approximate surface area is 86.2 Å². The van der Waals surface area contributed by atoms with Crippen LogP contribution in [-0.4, -0.2) is 45.0 Å². The van der Waals surface area contributed by atoms with Gasteiger partial charge in [0, 0.05) is 0 Å². The lowest BCUT2D eigenvalue weighted by Crippen LogP contribution is -2.38. The lowest BCUT2D eigenvalue weighted by Gasteiger charge is -2.22. The average Bonchev–Trinajstić information content (AvgIpc) is 2.71. The highest BCUT2D eigenvalue weighted by molar-refractivity contribution is 6.40. The zero-order valence-corrected chi connectivity index (χ0v) is 8.09. The van der Waals surface area contributed by atoms with E-state index in [1.165, 1.54) is 0 Å². The van der Waals surface area contributed by atoms with Crippen molar-refractivity contribution in [2.45, 2.75) is 37.8 Å². The molecule has 2 atom stereocenters. The first-order valence-electron chi connectivity index (χ1n) is 4.90. The third-order valence-electron chi connectivity index (χ3n) is 2.81. The molecule has 1 aliphatic carbocycles. The molecule has 1 saturated carbocycles. The molecular weight excluding hydrogens is 200 g/mol. The Kier molecular flexibility index (Phi) is 2.44. The molecule has 0 radical (unpaired) electrons. The van der Waals surface area contributed by atoms with Crippen LogP contribution in [0.15, 0.2) is 5.10 Å². The minimum absolute atomic E-state index is 0.140. The van der Waals surface area contributed by atoms with E-state index in [1.54, 1.807) is 0 Å². The summed E-state index contributed by atoms with van der Waals surface area (Å²) in [5, 5.41) is 23.1. The second kappa shape index (κ2) is 3.62. The standard InChI is InChI=1S/C9H12N2O4/c12-7-3-1-2-6(7)11-8(13)4-5(10-11)9(14)15/h6-7,12H,1-4H2,(H,14,15). The van der Waals surface area contributed by atoms with Crippen LogP contribution in [-0.2, 0) is 9.59 Å². The Hall–Kier alpha value is -1.43. The van der Waals surface area contributed by atoms with Crippen molar-refractivity contribution in [1.82, 2.24) is 5.01 Å². The van der Waals surface area contributed by atoms with Gasteiger partial charge in [-0.25, -0.2) is 9.80 Å². The molecule has 1 heterocycles. The number of rotatable bonds is 2. The van der Waals surface area contributed by atoms with Crippen LogP contribution in [0.1, 0.15) is 25.7 Å². The largest absolute Gasteiger partial charge is 0.477 e. The van der Waals surface area contributed by atoms with Crippen molar-refractivity contribution in [3.8, 4) is 0 Å². The fraction of sp³-hybridized carbons (Fsp3) is 0.667. The number of carbonyl (C=O) groups is 2. The summed E-state index contributed by atoms with van der Waals surface area (Å²) in [6.07, 6.45) is 1.42. The number of hydrogen-bond donors (Lipinski definition) is 2. The van der Waals surface area contributed by atoms with E-state index in [0.717, 1.165) is 11.4 Å². The maximum atomic E-state index is 11.5. The van der Waals surface area contributed by atoms with Gasteiger partial charge in [0.05, 0.1) is 18.6 Å². The molecule has 6 heteroatoms. The van der Waals surface area contributed by atoms with Gasteiger partial charge in [-0.3, -0.25) is 4.79 Å². The van der Waals surface area contributed by atoms with Crippen molar-refractivity contribution < 1.29 is 19.8 Å². The molecule has 1 amide bonds. The summed E-state index contributed by atoms with van der Waals surface area (Å²) < 4.78 is 0. The maximum absolute atomic E-state index is 11.5.